The van der Waals surface area contributed by atoms with E-state index in [0.717, 1.165) is 16.9 Å². The summed E-state index contributed by atoms with van der Waals surface area (Å²) in [5, 5.41) is 2.47. The maximum Gasteiger partial charge on any atom is 0.325 e. The predicted octanol–water partition coefficient (Wildman–Crippen LogP) is 2.86. The number of likely N-dealkylation sites (N-methyl/N-ethyl adjacent to an activating group) is 1. The molecule has 0 aromatic heterocycles. The molecule has 1 heterocycles. The molecule has 1 aliphatic rings. The van der Waals surface area contributed by atoms with Gasteiger partial charge in [0.25, 0.3) is 5.91 Å². The van der Waals surface area contributed by atoms with Gasteiger partial charge in [-0.25, -0.2) is 0 Å². The molecule has 0 saturated heterocycles. The van der Waals surface area contributed by atoms with Crippen molar-refractivity contribution in [3.05, 3.63) is 65.4 Å². The minimum absolute atomic E-state index is 0.269. The molecule has 174 valence electrons. The number of methoxy groups -OCH3 is 2. The van der Waals surface area contributed by atoms with Gasteiger partial charge in [0, 0.05) is 41.6 Å². The van der Waals surface area contributed by atoms with Crippen molar-refractivity contribution in [2.45, 2.75) is 19.3 Å². The van der Waals surface area contributed by atoms with Crippen molar-refractivity contribution >= 4 is 23.3 Å². The average molecular weight is 453 g/mol. The number of ether oxygens (including phenoxy) is 3. The Balaban J connectivity index is 1.55. The number of anilines is 1. The summed E-state index contributed by atoms with van der Waals surface area (Å²) < 4.78 is 15.3. The average Bonchev–Trinajstić information content (AvgIpc) is 3.01. The van der Waals surface area contributed by atoms with Crippen LogP contribution in [0.5, 0.6) is 11.5 Å². The van der Waals surface area contributed by atoms with Crippen molar-refractivity contribution < 1.29 is 28.6 Å². The zero-order chi connectivity index (χ0) is 24.2. The number of para-hydroxylation sites is 1. The molecule has 0 radical (unpaired) electrons. The normalized spacial score (nSPS) is 15.1. The molecule has 33 heavy (non-hydrogen) atoms. The first-order valence-corrected chi connectivity index (χ1v) is 10.4. The van der Waals surface area contributed by atoms with Crippen molar-refractivity contribution in [3.8, 4) is 11.5 Å². The van der Waals surface area contributed by atoms with Gasteiger partial charge in [-0.15, -0.1) is 0 Å². The van der Waals surface area contributed by atoms with Crippen LogP contribution in [-0.2, 0) is 19.7 Å². The lowest BCUT2D eigenvalue weighted by Crippen LogP contribution is -2.31. The number of allylic oxidation sites excluding steroid dienone is 1. The summed E-state index contributed by atoms with van der Waals surface area (Å²) in [6.45, 7) is 3.30. The number of carbonyl (C=O) groups is 3. The molecule has 0 bridgehead atoms. The van der Waals surface area contributed by atoms with Gasteiger partial charge in [0.1, 0.15) is 18.0 Å². The number of rotatable bonds is 8. The standard InChI is InChI=1S/C25H28N2O6/c1-25(2)20-8-6-7-9-21(20)27(3)22(25)12-17(28)15-33-23(29)14-26-24(30)16-10-18(31-4)13-19(11-16)32-5/h6-13H,14-15H2,1-5H3,(H,26,30)/b22-12+. The van der Waals surface area contributed by atoms with Gasteiger partial charge in [-0.05, 0) is 23.8 Å². The third-order valence-corrected chi connectivity index (χ3v) is 5.62. The van der Waals surface area contributed by atoms with Crippen LogP contribution < -0.4 is 19.7 Å². The Bertz CT molecular complexity index is 1080. The first kappa shape index (κ1) is 23.8. The van der Waals surface area contributed by atoms with Crippen LogP contribution in [0.4, 0.5) is 5.69 Å². The summed E-state index contributed by atoms with van der Waals surface area (Å²) in [6, 6.07) is 12.6. The quantitative estimate of drug-likeness (QED) is 0.486. The summed E-state index contributed by atoms with van der Waals surface area (Å²) >= 11 is 0. The van der Waals surface area contributed by atoms with Crippen LogP contribution in [0.15, 0.2) is 54.2 Å². The van der Waals surface area contributed by atoms with Crippen molar-refractivity contribution in [1.82, 2.24) is 5.32 Å². The number of hydrogen-bond donors (Lipinski definition) is 1. The van der Waals surface area contributed by atoms with Gasteiger partial charge in [-0.1, -0.05) is 32.0 Å². The van der Waals surface area contributed by atoms with E-state index in [1.165, 1.54) is 32.4 Å². The molecule has 0 fully saturated rings. The monoisotopic (exact) mass is 452 g/mol. The third-order valence-electron chi connectivity index (χ3n) is 5.62. The Morgan fingerprint density at radius 2 is 1.67 bits per heavy atom. The molecule has 0 unspecified atom stereocenters. The Kier molecular flexibility index (Phi) is 7.06. The minimum atomic E-state index is -0.715. The summed E-state index contributed by atoms with van der Waals surface area (Å²) in [6.07, 6.45) is 1.51. The van der Waals surface area contributed by atoms with Crippen LogP contribution in [0.25, 0.3) is 0 Å². The Morgan fingerprint density at radius 3 is 2.27 bits per heavy atom. The molecular weight excluding hydrogens is 424 g/mol. The van der Waals surface area contributed by atoms with Crippen LogP contribution in [0, 0.1) is 0 Å². The number of carbonyl (C=O) groups excluding carboxylic acids is 3. The summed E-state index contributed by atoms with van der Waals surface area (Å²) in [5.74, 6) is -0.655. The van der Waals surface area contributed by atoms with E-state index in [0.29, 0.717) is 11.5 Å². The van der Waals surface area contributed by atoms with Crippen molar-refractivity contribution in [3.63, 3.8) is 0 Å². The Labute approximate surface area is 193 Å². The van der Waals surface area contributed by atoms with E-state index in [9.17, 15) is 14.4 Å². The van der Waals surface area contributed by atoms with Crippen LogP contribution in [-0.4, -0.2) is 52.1 Å². The second kappa shape index (κ2) is 9.77. The molecule has 8 nitrogen and oxygen atoms in total. The highest BCUT2D eigenvalue weighted by atomic mass is 16.5. The molecule has 0 spiro atoms. The second-order valence-corrected chi connectivity index (χ2v) is 8.14. The number of hydrogen-bond acceptors (Lipinski definition) is 7. The molecule has 2 aromatic rings. The summed E-state index contributed by atoms with van der Waals surface area (Å²) in [5.41, 5.74) is 2.91. The van der Waals surface area contributed by atoms with E-state index < -0.39 is 18.5 Å². The van der Waals surface area contributed by atoms with Gasteiger partial charge in [0.15, 0.2) is 12.4 Å². The largest absolute Gasteiger partial charge is 0.497 e. The molecule has 0 aliphatic carbocycles. The van der Waals surface area contributed by atoms with Gasteiger partial charge in [0.05, 0.1) is 14.2 Å². The maximum atomic E-state index is 12.5. The predicted molar refractivity (Wildman–Crippen MR) is 124 cm³/mol. The molecule has 2 aromatic carbocycles. The number of ketones is 1. The van der Waals surface area contributed by atoms with Crippen LogP contribution >= 0.6 is 0 Å². The highest BCUT2D eigenvalue weighted by Gasteiger charge is 2.38. The number of esters is 1. The van der Waals surface area contributed by atoms with E-state index in [4.69, 9.17) is 14.2 Å². The summed E-state index contributed by atoms with van der Waals surface area (Å²) in [7, 11) is 4.86. The molecule has 0 atom stereocenters. The maximum absolute atomic E-state index is 12.5. The van der Waals surface area contributed by atoms with Crippen molar-refractivity contribution in [2.24, 2.45) is 0 Å². The van der Waals surface area contributed by atoms with E-state index in [1.807, 2.05) is 50.1 Å². The first-order valence-electron chi connectivity index (χ1n) is 10.4. The van der Waals surface area contributed by atoms with Gasteiger partial charge in [0.2, 0.25) is 0 Å². The Hall–Kier alpha value is -3.81. The number of amides is 1. The van der Waals surface area contributed by atoms with Crippen LogP contribution in [0.3, 0.4) is 0 Å². The number of nitrogens with one attached hydrogen (secondary N) is 1. The van der Waals surface area contributed by atoms with Gasteiger partial charge < -0.3 is 24.4 Å². The molecule has 8 heteroatoms. The fourth-order valence-electron chi connectivity index (χ4n) is 3.85. The lowest BCUT2D eigenvalue weighted by molar-refractivity contribution is -0.145. The topological polar surface area (TPSA) is 94.2 Å². The van der Waals surface area contributed by atoms with Gasteiger partial charge >= 0.3 is 5.97 Å². The van der Waals surface area contributed by atoms with Crippen LogP contribution in [0.2, 0.25) is 0 Å². The fourth-order valence-corrected chi connectivity index (χ4v) is 3.85. The highest BCUT2D eigenvalue weighted by molar-refractivity contribution is 5.97. The highest BCUT2D eigenvalue weighted by Crippen LogP contribution is 2.46. The lowest BCUT2D eigenvalue weighted by Gasteiger charge is -2.23. The van der Waals surface area contributed by atoms with E-state index in [2.05, 4.69) is 5.32 Å². The van der Waals surface area contributed by atoms with E-state index in [-0.39, 0.29) is 23.3 Å². The van der Waals surface area contributed by atoms with E-state index >= 15 is 0 Å². The number of fused-ring (bicyclic) bond motifs is 1. The zero-order valence-electron chi connectivity index (χ0n) is 19.4. The third kappa shape index (κ3) is 5.16. The molecule has 1 amide bonds. The number of nitrogens with zero attached hydrogens (tertiary/aromatic N) is 1. The molecule has 0 saturated carbocycles. The van der Waals surface area contributed by atoms with E-state index in [1.54, 1.807) is 6.07 Å². The molecule has 1 N–H and O–H groups in total. The Morgan fingerprint density at radius 1 is 1.03 bits per heavy atom. The minimum Gasteiger partial charge on any atom is -0.497 e. The zero-order valence-corrected chi connectivity index (χ0v) is 19.4. The molecular formula is C25H28N2O6. The van der Waals surface area contributed by atoms with Gasteiger partial charge in [-0.3, -0.25) is 14.4 Å². The first-order chi connectivity index (χ1) is 15.7. The second-order valence-electron chi connectivity index (χ2n) is 8.14. The van der Waals surface area contributed by atoms with Crippen molar-refractivity contribution in [2.75, 3.05) is 39.3 Å². The van der Waals surface area contributed by atoms with Crippen molar-refractivity contribution in [1.29, 1.82) is 0 Å². The SMILES string of the molecule is COc1cc(OC)cc(C(=O)NCC(=O)OCC(=O)/C=C2/N(C)c3ccccc3C2(C)C)c1. The lowest BCUT2D eigenvalue weighted by atomic mass is 9.83. The molecule has 1 aliphatic heterocycles. The van der Waals surface area contributed by atoms with Gasteiger partial charge in [-0.2, -0.15) is 0 Å². The number of benzene rings is 2. The summed E-state index contributed by atoms with van der Waals surface area (Å²) in [4.78, 5) is 38.9. The van der Waals surface area contributed by atoms with Crippen LogP contribution in [0.1, 0.15) is 29.8 Å². The fraction of sp³-hybridized carbons (Fsp3) is 0.320. The smallest absolute Gasteiger partial charge is 0.325 e. The molecule has 3 rings (SSSR count).